The molecular weight excluding hydrogens is 634 g/mol. The largest absolute Gasteiger partial charge is 0.479 e. The van der Waals surface area contributed by atoms with E-state index in [9.17, 15) is 14.4 Å². The Bertz CT molecular complexity index is 1430. The first-order valence-electron chi connectivity index (χ1n) is 14.1. The molecule has 0 spiro atoms. The SMILES string of the molecule is COC(=O)c1sc(-c2cccc(NC(C(=O)N(C)c3ccccc3)C3CCNCC3)c2)c(Br)c1OCC(=O)OC(C)(C)C. The number of piperidine rings is 1. The highest BCUT2D eigenvalue weighted by Gasteiger charge is 2.32. The van der Waals surface area contributed by atoms with E-state index in [-0.39, 0.29) is 29.1 Å². The molecule has 2 aromatic carbocycles. The van der Waals surface area contributed by atoms with E-state index >= 15 is 0 Å². The van der Waals surface area contributed by atoms with Gasteiger partial charge in [0.25, 0.3) is 0 Å². The van der Waals surface area contributed by atoms with Crippen LogP contribution >= 0.6 is 27.3 Å². The Balaban J connectivity index is 1.62. The van der Waals surface area contributed by atoms with Crippen LogP contribution in [0, 0.1) is 5.92 Å². The van der Waals surface area contributed by atoms with Crippen LogP contribution in [0.25, 0.3) is 10.4 Å². The third-order valence-electron chi connectivity index (χ3n) is 6.98. The Hall–Kier alpha value is -3.41. The maximum absolute atomic E-state index is 13.9. The highest BCUT2D eigenvalue weighted by atomic mass is 79.9. The van der Waals surface area contributed by atoms with Gasteiger partial charge in [-0.15, -0.1) is 11.3 Å². The maximum Gasteiger partial charge on any atom is 0.351 e. The van der Waals surface area contributed by atoms with Gasteiger partial charge in [0, 0.05) is 18.4 Å². The topological polar surface area (TPSA) is 106 Å². The molecule has 1 amide bonds. The van der Waals surface area contributed by atoms with E-state index in [0.717, 1.165) is 47.7 Å². The average molecular weight is 673 g/mol. The number of anilines is 2. The van der Waals surface area contributed by atoms with Crippen molar-refractivity contribution in [3.8, 4) is 16.2 Å². The second-order valence-corrected chi connectivity index (χ2v) is 13.1. The molecule has 11 heteroatoms. The van der Waals surface area contributed by atoms with Gasteiger partial charge in [-0.2, -0.15) is 0 Å². The molecule has 230 valence electrons. The Morgan fingerprint density at radius 3 is 2.44 bits per heavy atom. The van der Waals surface area contributed by atoms with Gasteiger partial charge in [-0.25, -0.2) is 9.59 Å². The summed E-state index contributed by atoms with van der Waals surface area (Å²) in [5.74, 6) is -0.778. The average Bonchev–Trinajstić information content (AvgIpc) is 3.33. The molecule has 1 aromatic heterocycles. The highest BCUT2D eigenvalue weighted by molar-refractivity contribution is 9.10. The number of para-hydroxylation sites is 1. The summed E-state index contributed by atoms with van der Waals surface area (Å²) >= 11 is 4.78. The smallest absolute Gasteiger partial charge is 0.351 e. The molecule has 1 aliphatic rings. The van der Waals surface area contributed by atoms with Gasteiger partial charge < -0.3 is 29.7 Å². The van der Waals surface area contributed by atoms with Gasteiger partial charge in [0.05, 0.1) is 16.5 Å². The predicted octanol–water partition coefficient (Wildman–Crippen LogP) is 6.13. The van der Waals surface area contributed by atoms with E-state index in [0.29, 0.717) is 4.47 Å². The van der Waals surface area contributed by atoms with Gasteiger partial charge >= 0.3 is 11.9 Å². The number of nitrogens with one attached hydrogen (secondary N) is 2. The van der Waals surface area contributed by atoms with Crippen molar-refractivity contribution in [1.82, 2.24) is 5.32 Å². The molecule has 0 saturated carbocycles. The summed E-state index contributed by atoms with van der Waals surface area (Å²) in [4.78, 5) is 41.5. The zero-order chi connectivity index (χ0) is 31.1. The first-order chi connectivity index (χ1) is 20.5. The van der Waals surface area contributed by atoms with Gasteiger partial charge in [-0.1, -0.05) is 30.3 Å². The highest BCUT2D eigenvalue weighted by Crippen LogP contribution is 2.46. The zero-order valence-electron chi connectivity index (χ0n) is 25.1. The number of carbonyl (C=O) groups excluding carboxylic acids is 3. The number of methoxy groups -OCH3 is 1. The van der Waals surface area contributed by atoms with Crippen LogP contribution in [-0.2, 0) is 19.1 Å². The molecule has 2 N–H and O–H groups in total. The van der Waals surface area contributed by atoms with Crippen LogP contribution in [0.15, 0.2) is 59.1 Å². The van der Waals surface area contributed by atoms with Crippen molar-refractivity contribution in [2.24, 2.45) is 5.92 Å². The standard InChI is InChI=1S/C32H38BrN3O6S/c1-32(2,3)42-24(37)19-41-27-25(33)28(43-29(27)31(39)40-5)21-10-9-11-22(18-21)35-26(20-14-16-34-17-15-20)30(38)36(4)23-12-7-6-8-13-23/h6-13,18,20,26,34-35H,14-17,19H2,1-5H3. The minimum absolute atomic E-state index is 0.00776. The monoisotopic (exact) mass is 671 g/mol. The molecule has 1 fully saturated rings. The number of hydrogen-bond acceptors (Lipinski definition) is 9. The lowest BCUT2D eigenvalue weighted by molar-refractivity contribution is -0.157. The van der Waals surface area contributed by atoms with E-state index in [2.05, 4.69) is 26.6 Å². The molecule has 1 saturated heterocycles. The Morgan fingerprint density at radius 1 is 1.09 bits per heavy atom. The van der Waals surface area contributed by atoms with Crippen LogP contribution in [-0.4, -0.2) is 63.3 Å². The molecular formula is C32H38BrN3O6S. The second-order valence-electron chi connectivity index (χ2n) is 11.3. The van der Waals surface area contributed by atoms with Crippen LogP contribution in [0.4, 0.5) is 11.4 Å². The molecule has 0 aliphatic carbocycles. The predicted molar refractivity (Wildman–Crippen MR) is 173 cm³/mol. The molecule has 9 nitrogen and oxygen atoms in total. The number of thiophene rings is 1. The minimum atomic E-state index is -0.667. The summed E-state index contributed by atoms with van der Waals surface area (Å²) in [7, 11) is 3.10. The number of ether oxygens (including phenoxy) is 3. The number of esters is 2. The summed E-state index contributed by atoms with van der Waals surface area (Å²) < 4.78 is 16.7. The molecule has 43 heavy (non-hydrogen) atoms. The van der Waals surface area contributed by atoms with Crippen molar-refractivity contribution in [2.75, 3.05) is 44.1 Å². The van der Waals surface area contributed by atoms with Crippen molar-refractivity contribution < 1.29 is 28.6 Å². The first-order valence-corrected chi connectivity index (χ1v) is 15.7. The van der Waals surface area contributed by atoms with E-state index in [1.807, 2.05) is 54.6 Å². The molecule has 2 heterocycles. The van der Waals surface area contributed by atoms with E-state index in [4.69, 9.17) is 14.2 Å². The fourth-order valence-corrected chi connectivity index (χ4v) is 6.88. The summed E-state index contributed by atoms with van der Waals surface area (Å²) in [6.07, 6.45) is 1.76. The third-order valence-corrected chi connectivity index (χ3v) is 9.20. The van der Waals surface area contributed by atoms with E-state index in [1.54, 1.807) is 32.7 Å². The van der Waals surface area contributed by atoms with Crippen molar-refractivity contribution in [3.05, 3.63) is 63.9 Å². The number of carbonyl (C=O) groups is 3. The lowest BCUT2D eigenvalue weighted by atomic mass is 9.89. The van der Waals surface area contributed by atoms with Crippen molar-refractivity contribution in [1.29, 1.82) is 0 Å². The number of rotatable bonds is 10. The summed E-state index contributed by atoms with van der Waals surface area (Å²) in [5.41, 5.74) is 1.73. The molecule has 3 aromatic rings. The maximum atomic E-state index is 13.9. The summed E-state index contributed by atoms with van der Waals surface area (Å²) in [5, 5.41) is 6.92. The number of halogens is 1. The number of hydrogen-bond donors (Lipinski definition) is 2. The Morgan fingerprint density at radius 2 is 1.79 bits per heavy atom. The number of benzene rings is 2. The van der Waals surface area contributed by atoms with Crippen molar-refractivity contribution >= 4 is 56.5 Å². The Labute approximate surface area is 265 Å². The molecule has 1 unspecified atom stereocenters. The fraction of sp³-hybridized carbons (Fsp3) is 0.406. The van der Waals surface area contributed by atoms with Gasteiger partial charge in [-0.05, 0) is 98.4 Å². The normalized spacial score (nSPS) is 14.5. The van der Waals surface area contributed by atoms with Crippen LogP contribution in [0.3, 0.4) is 0 Å². The first kappa shape index (κ1) is 32.5. The van der Waals surface area contributed by atoms with Gasteiger partial charge in [0.2, 0.25) is 5.91 Å². The summed E-state index contributed by atoms with van der Waals surface area (Å²) in [6, 6.07) is 16.9. The number of nitrogens with zero attached hydrogens (tertiary/aromatic N) is 1. The molecule has 0 bridgehead atoms. The van der Waals surface area contributed by atoms with Gasteiger partial charge in [0.1, 0.15) is 11.6 Å². The minimum Gasteiger partial charge on any atom is -0.479 e. The van der Waals surface area contributed by atoms with Gasteiger partial charge in [-0.3, -0.25) is 4.79 Å². The number of likely N-dealkylation sites (N-methyl/N-ethyl adjacent to an activating group) is 1. The fourth-order valence-electron chi connectivity index (χ4n) is 4.92. The van der Waals surface area contributed by atoms with Gasteiger partial charge in [0.15, 0.2) is 17.2 Å². The van der Waals surface area contributed by atoms with Crippen molar-refractivity contribution in [2.45, 2.75) is 45.3 Å². The third kappa shape index (κ3) is 8.36. The molecule has 1 aliphatic heterocycles. The molecule has 4 rings (SSSR count). The quantitative estimate of drug-likeness (QED) is 0.248. The van der Waals surface area contributed by atoms with E-state index in [1.165, 1.54) is 18.4 Å². The Kier molecular flexibility index (Phi) is 10.9. The van der Waals surface area contributed by atoms with E-state index < -0.39 is 23.6 Å². The molecule has 0 radical (unpaired) electrons. The van der Waals surface area contributed by atoms with Crippen LogP contribution in [0.1, 0.15) is 43.3 Å². The number of amides is 1. The van der Waals surface area contributed by atoms with Crippen LogP contribution < -0.4 is 20.3 Å². The van der Waals surface area contributed by atoms with Crippen LogP contribution in [0.5, 0.6) is 5.75 Å². The molecule has 1 atom stereocenters. The second kappa shape index (κ2) is 14.4. The lowest BCUT2D eigenvalue weighted by Crippen LogP contribution is -2.48. The zero-order valence-corrected chi connectivity index (χ0v) is 27.5. The summed E-state index contributed by atoms with van der Waals surface area (Å²) in [6.45, 7) is 6.66. The lowest BCUT2D eigenvalue weighted by Gasteiger charge is -2.33. The van der Waals surface area contributed by atoms with Crippen LogP contribution in [0.2, 0.25) is 0 Å². The van der Waals surface area contributed by atoms with Crippen molar-refractivity contribution in [3.63, 3.8) is 0 Å².